The highest BCUT2D eigenvalue weighted by Gasteiger charge is 2.48. The molecule has 1 amide bonds. The Morgan fingerprint density at radius 2 is 2.33 bits per heavy atom. The molecule has 6 heteroatoms. The Morgan fingerprint density at radius 3 is 2.87 bits per heavy atom. The van der Waals surface area contributed by atoms with E-state index in [1.807, 2.05) is 6.07 Å². The molecule has 2 aliphatic rings. The fraction of sp³-hybridized carbons (Fsp3) is 0.778. The summed E-state index contributed by atoms with van der Waals surface area (Å²) in [5, 5.41) is 8.56. The standard InChI is InChI=1S/C9H12IN3O2/c1-6-5-12(2-3-13(6)10)9(14)8-7(4-11)15-8/h6-8H,2-3,5H2,1H3/t6-,7?,8?/m0/s1. The van der Waals surface area contributed by atoms with Crippen LogP contribution < -0.4 is 0 Å². The average Bonchev–Trinajstić information content (AvgIpc) is 3.00. The third-order valence-electron chi connectivity index (χ3n) is 2.72. The summed E-state index contributed by atoms with van der Waals surface area (Å²) in [5.74, 6) is -0.0297. The predicted octanol–water partition coefficient (Wildman–Crippen LogP) is 0.160. The first-order chi connectivity index (χ1) is 7.13. The number of nitriles is 1. The summed E-state index contributed by atoms with van der Waals surface area (Å²) in [4.78, 5) is 13.6. The van der Waals surface area contributed by atoms with Gasteiger partial charge in [-0.25, -0.2) is 3.11 Å². The van der Waals surface area contributed by atoms with E-state index in [0.29, 0.717) is 6.04 Å². The second-order valence-corrected chi connectivity index (χ2v) is 5.10. The van der Waals surface area contributed by atoms with Gasteiger partial charge >= 0.3 is 0 Å². The Labute approximate surface area is 102 Å². The number of carbonyl (C=O) groups is 1. The van der Waals surface area contributed by atoms with Crippen molar-refractivity contribution < 1.29 is 9.53 Å². The Bertz CT molecular complexity index is 317. The maximum Gasteiger partial charge on any atom is 0.255 e. The molecule has 0 bridgehead atoms. The minimum Gasteiger partial charge on any atom is -0.343 e. The zero-order chi connectivity index (χ0) is 11.0. The van der Waals surface area contributed by atoms with Crippen molar-refractivity contribution in [2.45, 2.75) is 25.2 Å². The van der Waals surface area contributed by atoms with E-state index in [9.17, 15) is 4.79 Å². The lowest BCUT2D eigenvalue weighted by Crippen LogP contribution is -2.51. The van der Waals surface area contributed by atoms with E-state index in [0.717, 1.165) is 19.6 Å². The Hall–Kier alpha value is -0.390. The fourth-order valence-corrected chi connectivity index (χ4v) is 2.11. The molecule has 0 aromatic heterocycles. The quantitative estimate of drug-likeness (QED) is 0.392. The molecule has 3 atom stereocenters. The summed E-state index contributed by atoms with van der Waals surface area (Å²) in [6, 6.07) is 2.31. The maximum atomic E-state index is 11.8. The van der Waals surface area contributed by atoms with Crippen LogP contribution in [0.2, 0.25) is 0 Å². The molecule has 0 aromatic carbocycles. The largest absolute Gasteiger partial charge is 0.343 e. The van der Waals surface area contributed by atoms with Gasteiger partial charge in [-0.3, -0.25) is 4.79 Å². The second kappa shape index (κ2) is 4.23. The predicted molar refractivity (Wildman–Crippen MR) is 61.0 cm³/mol. The summed E-state index contributed by atoms with van der Waals surface area (Å²) in [5.41, 5.74) is 0. The highest BCUT2D eigenvalue weighted by Crippen LogP contribution is 2.25. The second-order valence-electron chi connectivity index (χ2n) is 3.86. The Kier molecular flexibility index (Phi) is 3.13. The van der Waals surface area contributed by atoms with Crippen molar-refractivity contribution in [3.8, 4) is 6.07 Å². The molecule has 5 nitrogen and oxygen atoms in total. The number of amides is 1. The van der Waals surface area contributed by atoms with E-state index >= 15 is 0 Å². The zero-order valence-electron chi connectivity index (χ0n) is 8.39. The Morgan fingerprint density at radius 1 is 1.60 bits per heavy atom. The van der Waals surface area contributed by atoms with Gasteiger partial charge in [0.2, 0.25) is 0 Å². The van der Waals surface area contributed by atoms with Gasteiger partial charge in [0, 0.05) is 48.5 Å². The van der Waals surface area contributed by atoms with E-state index in [2.05, 4.69) is 32.9 Å². The number of ether oxygens (including phenoxy) is 1. The van der Waals surface area contributed by atoms with Crippen LogP contribution in [0, 0.1) is 11.3 Å². The van der Waals surface area contributed by atoms with Crippen molar-refractivity contribution in [1.82, 2.24) is 8.01 Å². The zero-order valence-corrected chi connectivity index (χ0v) is 10.5. The van der Waals surface area contributed by atoms with E-state index in [1.165, 1.54) is 0 Å². The Balaban J connectivity index is 1.90. The molecule has 2 heterocycles. The molecule has 2 fully saturated rings. The van der Waals surface area contributed by atoms with Gasteiger partial charge in [0.05, 0.1) is 6.07 Å². The molecule has 82 valence electrons. The van der Waals surface area contributed by atoms with Crippen LogP contribution in [-0.2, 0) is 9.53 Å². The van der Waals surface area contributed by atoms with Crippen LogP contribution in [0.4, 0.5) is 0 Å². The number of hydrogen-bond acceptors (Lipinski definition) is 4. The van der Waals surface area contributed by atoms with Gasteiger partial charge in [-0.05, 0) is 6.92 Å². The van der Waals surface area contributed by atoms with Crippen LogP contribution in [0.5, 0.6) is 0 Å². The van der Waals surface area contributed by atoms with Crippen LogP contribution in [0.1, 0.15) is 6.92 Å². The third-order valence-corrected chi connectivity index (χ3v) is 4.15. The number of piperazine rings is 1. The number of nitrogens with zero attached hydrogens (tertiary/aromatic N) is 3. The van der Waals surface area contributed by atoms with Crippen LogP contribution in [0.25, 0.3) is 0 Å². The summed E-state index contributed by atoms with van der Waals surface area (Å²) in [6.45, 7) is 4.41. The average molecular weight is 321 g/mol. The number of hydrogen-bond donors (Lipinski definition) is 0. The molecule has 2 saturated heterocycles. The number of epoxide rings is 1. The molecular formula is C9H12IN3O2. The number of rotatable bonds is 1. The molecule has 0 N–H and O–H groups in total. The maximum absolute atomic E-state index is 11.8. The van der Waals surface area contributed by atoms with E-state index in [1.54, 1.807) is 4.90 Å². The lowest BCUT2D eigenvalue weighted by Gasteiger charge is -2.36. The SMILES string of the molecule is C[C@H]1CN(C(=O)C2OC2C#N)CCN1I. The minimum absolute atomic E-state index is 0.0297. The first-order valence-corrected chi connectivity index (χ1v) is 5.86. The normalized spacial score (nSPS) is 36.1. The van der Waals surface area contributed by atoms with Crippen LogP contribution in [-0.4, -0.2) is 51.8 Å². The van der Waals surface area contributed by atoms with Crippen molar-refractivity contribution >= 4 is 28.8 Å². The highest BCUT2D eigenvalue weighted by atomic mass is 127. The summed E-state index contributed by atoms with van der Waals surface area (Å²) in [6.07, 6.45) is -1.01. The summed E-state index contributed by atoms with van der Waals surface area (Å²) in [7, 11) is 0. The van der Waals surface area contributed by atoms with Gasteiger partial charge in [-0.1, -0.05) is 0 Å². The van der Waals surface area contributed by atoms with Crippen molar-refractivity contribution in [2.75, 3.05) is 19.6 Å². The van der Waals surface area contributed by atoms with Crippen molar-refractivity contribution in [1.29, 1.82) is 5.26 Å². The van der Waals surface area contributed by atoms with Gasteiger partial charge in [-0.2, -0.15) is 5.26 Å². The van der Waals surface area contributed by atoms with E-state index in [4.69, 9.17) is 10.00 Å². The first kappa shape index (κ1) is 11.1. The lowest BCUT2D eigenvalue weighted by atomic mass is 10.2. The van der Waals surface area contributed by atoms with Crippen molar-refractivity contribution in [3.05, 3.63) is 0 Å². The topological polar surface area (TPSA) is 59.9 Å². The third kappa shape index (κ3) is 2.24. The molecule has 2 rings (SSSR count). The van der Waals surface area contributed by atoms with Crippen molar-refractivity contribution in [3.63, 3.8) is 0 Å². The van der Waals surface area contributed by atoms with Gasteiger partial charge < -0.3 is 9.64 Å². The molecule has 0 radical (unpaired) electrons. The molecule has 0 aromatic rings. The van der Waals surface area contributed by atoms with Gasteiger partial charge in [-0.15, -0.1) is 0 Å². The molecule has 15 heavy (non-hydrogen) atoms. The smallest absolute Gasteiger partial charge is 0.255 e. The molecule has 0 spiro atoms. The van der Waals surface area contributed by atoms with Gasteiger partial charge in [0.15, 0.2) is 12.2 Å². The monoisotopic (exact) mass is 321 g/mol. The number of carbonyl (C=O) groups excluding carboxylic acids is 1. The van der Waals surface area contributed by atoms with Gasteiger partial charge in [0.1, 0.15) is 0 Å². The molecule has 2 aliphatic heterocycles. The van der Waals surface area contributed by atoms with E-state index < -0.39 is 12.2 Å². The molecule has 0 aliphatic carbocycles. The first-order valence-electron chi connectivity index (χ1n) is 4.89. The van der Waals surface area contributed by atoms with Crippen LogP contribution in [0.3, 0.4) is 0 Å². The molecular weight excluding hydrogens is 309 g/mol. The highest BCUT2D eigenvalue weighted by molar-refractivity contribution is 14.1. The molecule has 0 saturated carbocycles. The number of halogens is 1. The summed E-state index contributed by atoms with van der Waals surface area (Å²) < 4.78 is 7.17. The summed E-state index contributed by atoms with van der Waals surface area (Å²) >= 11 is 2.27. The van der Waals surface area contributed by atoms with E-state index in [-0.39, 0.29) is 5.91 Å². The van der Waals surface area contributed by atoms with Crippen molar-refractivity contribution in [2.24, 2.45) is 0 Å². The minimum atomic E-state index is -0.509. The lowest BCUT2D eigenvalue weighted by molar-refractivity contribution is -0.134. The van der Waals surface area contributed by atoms with Gasteiger partial charge in [0.25, 0.3) is 5.91 Å². The molecule has 2 unspecified atom stereocenters. The van der Waals surface area contributed by atoms with Crippen LogP contribution >= 0.6 is 22.9 Å². The fourth-order valence-electron chi connectivity index (χ4n) is 1.71. The van der Waals surface area contributed by atoms with Crippen LogP contribution in [0.15, 0.2) is 0 Å².